The fourth-order valence-corrected chi connectivity index (χ4v) is 4.86. The van der Waals surface area contributed by atoms with Crippen molar-refractivity contribution in [3.63, 3.8) is 0 Å². The standard InChI is InChI=1S/C26H40N2O3/c1-17-20(19-11-9-8-10-12-19)22(28-15-13-26(6,7)14-16-28)21(18(2)27-17)23(24(29)30)31-25(3,4)5/h11,23H,8-10,12-16H2,1-7H3,(H,29,30). The maximum absolute atomic E-state index is 12.5. The Labute approximate surface area is 187 Å². The van der Waals surface area contributed by atoms with Gasteiger partial charge in [0.1, 0.15) is 0 Å². The molecule has 1 aromatic rings. The Morgan fingerprint density at radius 3 is 2.32 bits per heavy atom. The molecule has 3 rings (SSSR count). The van der Waals surface area contributed by atoms with Gasteiger partial charge in [-0.1, -0.05) is 19.9 Å². The van der Waals surface area contributed by atoms with Crippen molar-refractivity contribution in [3.8, 4) is 0 Å². The Kier molecular flexibility index (Phi) is 6.85. The van der Waals surface area contributed by atoms with E-state index in [4.69, 9.17) is 9.72 Å². The van der Waals surface area contributed by atoms with Gasteiger partial charge in [-0.2, -0.15) is 0 Å². The number of carboxylic acids is 1. The first kappa shape index (κ1) is 23.8. The second-order valence-electron chi connectivity index (χ2n) is 11.0. The zero-order chi connectivity index (χ0) is 23.0. The number of anilines is 1. The number of allylic oxidation sites excluding steroid dienone is 2. The largest absolute Gasteiger partial charge is 0.479 e. The molecule has 0 spiro atoms. The molecule has 1 aliphatic heterocycles. The van der Waals surface area contributed by atoms with Gasteiger partial charge in [0.05, 0.1) is 11.3 Å². The van der Waals surface area contributed by atoms with Gasteiger partial charge in [0.2, 0.25) is 0 Å². The average Bonchev–Trinajstić information content (AvgIpc) is 2.66. The van der Waals surface area contributed by atoms with Crippen LogP contribution in [0, 0.1) is 19.3 Å². The van der Waals surface area contributed by atoms with E-state index in [1.807, 2.05) is 27.7 Å². The summed E-state index contributed by atoms with van der Waals surface area (Å²) < 4.78 is 6.14. The Bertz CT molecular complexity index is 854. The van der Waals surface area contributed by atoms with Crippen LogP contribution in [0.3, 0.4) is 0 Å². The molecular weight excluding hydrogens is 388 g/mol. The highest BCUT2D eigenvalue weighted by Crippen LogP contribution is 2.44. The number of carbonyl (C=O) groups is 1. The SMILES string of the molecule is Cc1nc(C)c(C(OC(C)(C)C)C(=O)O)c(N2CCC(C)(C)CC2)c1C1=CCCCC1. The summed E-state index contributed by atoms with van der Waals surface area (Å²) in [7, 11) is 0. The molecule has 2 heterocycles. The lowest BCUT2D eigenvalue weighted by molar-refractivity contribution is -0.160. The van der Waals surface area contributed by atoms with E-state index < -0.39 is 17.7 Å². The predicted octanol–water partition coefficient (Wildman–Crippen LogP) is 6.22. The number of aliphatic carboxylic acids is 1. The first-order valence-electron chi connectivity index (χ1n) is 11.8. The smallest absolute Gasteiger partial charge is 0.337 e. The van der Waals surface area contributed by atoms with E-state index in [1.165, 1.54) is 18.4 Å². The third-order valence-electron chi connectivity index (χ3n) is 6.58. The van der Waals surface area contributed by atoms with Crippen molar-refractivity contribution >= 4 is 17.2 Å². The molecule has 0 aromatic carbocycles. The van der Waals surface area contributed by atoms with Crippen LogP contribution < -0.4 is 4.90 Å². The van der Waals surface area contributed by atoms with E-state index in [-0.39, 0.29) is 0 Å². The van der Waals surface area contributed by atoms with E-state index in [2.05, 4.69) is 31.7 Å². The van der Waals surface area contributed by atoms with Crippen molar-refractivity contribution < 1.29 is 14.6 Å². The summed E-state index contributed by atoms with van der Waals surface area (Å²) >= 11 is 0. The number of hydrogen-bond donors (Lipinski definition) is 1. The lowest BCUT2D eigenvalue weighted by Gasteiger charge is -2.41. The zero-order valence-electron chi connectivity index (χ0n) is 20.5. The number of aromatic nitrogens is 1. The molecule has 5 heteroatoms. The molecule has 0 radical (unpaired) electrons. The minimum atomic E-state index is -1.04. The van der Waals surface area contributed by atoms with Gasteiger partial charge in [-0.05, 0) is 84.1 Å². The highest BCUT2D eigenvalue weighted by molar-refractivity contribution is 5.86. The Hall–Kier alpha value is -1.88. The number of ether oxygens (including phenoxy) is 1. The quantitative estimate of drug-likeness (QED) is 0.603. The number of pyridine rings is 1. The van der Waals surface area contributed by atoms with Crippen LogP contribution in [0.15, 0.2) is 6.08 Å². The summed E-state index contributed by atoms with van der Waals surface area (Å²) in [5.74, 6) is -0.953. The number of rotatable bonds is 5. The Morgan fingerprint density at radius 2 is 1.81 bits per heavy atom. The van der Waals surface area contributed by atoms with E-state index in [9.17, 15) is 9.90 Å². The topological polar surface area (TPSA) is 62.7 Å². The Balaban J connectivity index is 2.23. The van der Waals surface area contributed by atoms with Crippen LogP contribution in [-0.2, 0) is 9.53 Å². The fourth-order valence-electron chi connectivity index (χ4n) is 4.86. The third-order valence-corrected chi connectivity index (χ3v) is 6.58. The highest BCUT2D eigenvalue weighted by Gasteiger charge is 2.36. The van der Waals surface area contributed by atoms with Gasteiger partial charge < -0.3 is 14.7 Å². The number of hydrogen-bond acceptors (Lipinski definition) is 4. The minimum Gasteiger partial charge on any atom is -0.479 e. The van der Waals surface area contributed by atoms with Crippen molar-refractivity contribution in [2.45, 2.75) is 98.7 Å². The maximum Gasteiger partial charge on any atom is 0.337 e. The summed E-state index contributed by atoms with van der Waals surface area (Å²) in [4.78, 5) is 19.7. The summed E-state index contributed by atoms with van der Waals surface area (Å²) in [6.07, 6.45) is 7.95. The van der Waals surface area contributed by atoms with Crippen LogP contribution in [0.5, 0.6) is 0 Å². The average molecular weight is 429 g/mol. The number of carboxylic acid groups (broad SMARTS) is 1. The first-order chi connectivity index (χ1) is 14.4. The van der Waals surface area contributed by atoms with Crippen LogP contribution in [-0.4, -0.2) is 34.8 Å². The lowest BCUT2D eigenvalue weighted by Crippen LogP contribution is -2.39. The third kappa shape index (κ3) is 5.49. The molecule has 1 aliphatic carbocycles. The normalized spacial score (nSPS) is 20.4. The van der Waals surface area contributed by atoms with Gasteiger partial charge in [0.25, 0.3) is 0 Å². The minimum absolute atomic E-state index is 0.312. The van der Waals surface area contributed by atoms with Crippen LogP contribution in [0.1, 0.15) is 102 Å². The molecule has 1 aromatic heterocycles. The van der Waals surface area contributed by atoms with Gasteiger partial charge >= 0.3 is 5.97 Å². The molecule has 0 bridgehead atoms. The number of nitrogens with zero attached hydrogens (tertiary/aromatic N) is 2. The lowest BCUT2D eigenvalue weighted by atomic mass is 9.81. The van der Waals surface area contributed by atoms with E-state index in [0.29, 0.717) is 5.41 Å². The molecule has 0 amide bonds. The van der Waals surface area contributed by atoms with Crippen molar-refractivity contribution in [2.75, 3.05) is 18.0 Å². The molecule has 1 fully saturated rings. The predicted molar refractivity (Wildman–Crippen MR) is 127 cm³/mol. The first-order valence-corrected chi connectivity index (χ1v) is 11.8. The van der Waals surface area contributed by atoms with Crippen LogP contribution in [0.2, 0.25) is 0 Å². The molecule has 1 atom stereocenters. The van der Waals surface area contributed by atoms with Crippen molar-refractivity contribution in [3.05, 3.63) is 28.6 Å². The van der Waals surface area contributed by atoms with Crippen molar-refractivity contribution in [1.82, 2.24) is 4.98 Å². The molecule has 2 aliphatic rings. The summed E-state index contributed by atoms with van der Waals surface area (Å²) in [5.41, 5.74) is 5.72. The molecule has 0 saturated carbocycles. The monoisotopic (exact) mass is 428 g/mol. The van der Waals surface area contributed by atoms with Gasteiger partial charge in [0, 0.05) is 35.6 Å². The van der Waals surface area contributed by atoms with Gasteiger partial charge in [0.15, 0.2) is 6.10 Å². The maximum atomic E-state index is 12.5. The summed E-state index contributed by atoms with van der Waals surface area (Å²) in [5, 5.41) is 10.2. The molecule has 31 heavy (non-hydrogen) atoms. The molecule has 1 unspecified atom stereocenters. The number of piperidine rings is 1. The van der Waals surface area contributed by atoms with E-state index >= 15 is 0 Å². The summed E-state index contributed by atoms with van der Waals surface area (Å²) in [6.45, 7) is 16.2. The van der Waals surface area contributed by atoms with Crippen LogP contribution >= 0.6 is 0 Å². The highest BCUT2D eigenvalue weighted by atomic mass is 16.5. The van der Waals surface area contributed by atoms with Gasteiger partial charge in [-0.15, -0.1) is 0 Å². The second kappa shape index (κ2) is 8.93. The number of aryl methyl sites for hydroxylation is 2. The van der Waals surface area contributed by atoms with E-state index in [0.717, 1.165) is 67.0 Å². The van der Waals surface area contributed by atoms with Crippen molar-refractivity contribution in [2.24, 2.45) is 5.41 Å². The van der Waals surface area contributed by atoms with Crippen LogP contribution in [0.25, 0.3) is 5.57 Å². The molecule has 5 nitrogen and oxygen atoms in total. The molecule has 1 saturated heterocycles. The van der Waals surface area contributed by atoms with E-state index in [1.54, 1.807) is 0 Å². The van der Waals surface area contributed by atoms with Gasteiger partial charge in [-0.25, -0.2) is 4.79 Å². The fraction of sp³-hybridized carbons (Fsp3) is 0.692. The second-order valence-corrected chi connectivity index (χ2v) is 11.0. The molecular formula is C26H40N2O3. The van der Waals surface area contributed by atoms with Crippen molar-refractivity contribution in [1.29, 1.82) is 0 Å². The van der Waals surface area contributed by atoms with Gasteiger partial charge in [-0.3, -0.25) is 4.98 Å². The van der Waals surface area contributed by atoms with Crippen LogP contribution in [0.4, 0.5) is 5.69 Å². The molecule has 172 valence electrons. The molecule has 1 N–H and O–H groups in total. The Morgan fingerprint density at radius 1 is 1.16 bits per heavy atom. The summed E-state index contributed by atoms with van der Waals surface area (Å²) in [6, 6.07) is 0. The zero-order valence-corrected chi connectivity index (χ0v) is 20.5.